The zero-order chi connectivity index (χ0) is 7.28. The Morgan fingerprint density at radius 3 is 2.33 bits per heavy atom. The predicted molar refractivity (Wildman–Crippen MR) is 33.8 cm³/mol. The Kier molecular flexibility index (Phi) is 3.38. The molecule has 0 aliphatic heterocycles. The summed E-state index contributed by atoms with van der Waals surface area (Å²) in [5.41, 5.74) is 0. The maximum atomic E-state index is 10.4. The first-order valence-electron chi connectivity index (χ1n) is 2.72. The second-order valence-electron chi connectivity index (χ2n) is 1.54. The summed E-state index contributed by atoms with van der Waals surface area (Å²) in [4.78, 5) is 20.6. The Morgan fingerprint density at radius 1 is 1.44 bits per heavy atom. The molecule has 9 heavy (non-hydrogen) atoms. The van der Waals surface area contributed by atoms with E-state index in [1.54, 1.807) is 0 Å². The highest BCUT2D eigenvalue weighted by Gasteiger charge is 2.00. The molecular formula is C7H8O2. The lowest BCUT2D eigenvalue weighted by Gasteiger charge is -1.76. The topological polar surface area (TPSA) is 34.1 Å². The third-order valence-corrected chi connectivity index (χ3v) is 0.698. The van der Waals surface area contributed by atoms with Gasteiger partial charge in [-0.2, -0.15) is 0 Å². The van der Waals surface area contributed by atoms with E-state index in [-0.39, 0.29) is 0 Å². The zero-order valence-corrected chi connectivity index (χ0v) is 5.52. The van der Waals surface area contributed by atoms with Gasteiger partial charge >= 0.3 is 0 Å². The minimum Gasteiger partial charge on any atom is -0.290 e. The van der Waals surface area contributed by atoms with Gasteiger partial charge in [0, 0.05) is 13.3 Å². The van der Waals surface area contributed by atoms with Crippen LogP contribution in [0.25, 0.3) is 0 Å². The second-order valence-corrected chi connectivity index (χ2v) is 1.54. The van der Waals surface area contributed by atoms with Crippen LogP contribution in [0.1, 0.15) is 20.3 Å². The van der Waals surface area contributed by atoms with E-state index in [9.17, 15) is 9.59 Å². The number of ketones is 2. The Bertz CT molecular complexity index is 181. The number of carbonyl (C=O) groups is 2. The highest BCUT2D eigenvalue weighted by molar-refractivity contribution is 6.43. The molecule has 0 saturated carbocycles. The molecule has 0 heterocycles. The van der Waals surface area contributed by atoms with Gasteiger partial charge in [-0.1, -0.05) is 12.8 Å². The summed E-state index contributed by atoms with van der Waals surface area (Å²) >= 11 is 0. The summed E-state index contributed by atoms with van der Waals surface area (Å²) in [6.45, 7) is 3.03. The van der Waals surface area contributed by atoms with Crippen molar-refractivity contribution in [1.29, 1.82) is 0 Å². The molecule has 0 aromatic carbocycles. The maximum Gasteiger partial charge on any atom is 0.271 e. The third kappa shape index (κ3) is 3.48. The smallest absolute Gasteiger partial charge is 0.271 e. The number of rotatable bonds is 1. The number of hydrogen-bond acceptors (Lipinski definition) is 2. The lowest BCUT2D eigenvalue weighted by atomic mass is 10.3. The van der Waals surface area contributed by atoms with E-state index < -0.39 is 11.6 Å². The first-order chi connectivity index (χ1) is 4.18. The van der Waals surface area contributed by atoms with Gasteiger partial charge < -0.3 is 0 Å². The molecule has 48 valence electrons. The molecule has 2 nitrogen and oxygen atoms in total. The molecular weight excluding hydrogens is 116 g/mol. The van der Waals surface area contributed by atoms with Crippen LogP contribution in [0.5, 0.6) is 0 Å². The van der Waals surface area contributed by atoms with E-state index >= 15 is 0 Å². The summed E-state index contributed by atoms with van der Waals surface area (Å²) < 4.78 is 0. The summed E-state index contributed by atoms with van der Waals surface area (Å²) in [7, 11) is 0. The highest BCUT2D eigenvalue weighted by Crippen LogP contribution is 1.73. The Hall–Kier alpha value is -1.10. The number of carbonyl (C=O) groups excluding carboxylic acids is 2. The molecule has 0 aromatic heterocycles. The molecule has 0 aromatic rings. The van der Waals surface area contributed by atoms with E-state index in [2.05, 4.69) is 11.8 Å². The van der Waals surface area contributed by atoms with Gasteiger partial charge in [0.25, 0.3) is 5.78 Å². The molecule has 2 heteroatoms. The summed E-state index contributed by atoms with van der Waals surface area (Å²) in [5.74, 6) is 3.61. The molecule has 0 aliphatic carbocycles. The quantitative estimate of drug-likeness (QED) is 0.291. The summed E-state index contributed by atoms with van der Waals surface area (Å²) in [5, 5.41) is 0. The van der Waals surface area contributed by atoms with Crippen LogP contribution in [-0.2, 0) is 9.59 Å². The van der Waals surface area contributed by atoms with Gasteiger partial charge in [0.15, 0.2) is 0 Å². The third-order valence-electron chi connectivity index (χ3n) is 0.698. The van der Waals surface area contributed by atoms with Crippen LogP contribution in [0.15, 0.2) is 0 Å². The molecule has 0 radical (unpaired) electrons. The van der Waals surface area contributed by atoms with Gasteiger partial charge in [-0.3, -0.25) is 9.59 Å². The molecule has 0 saturated heterocycles. The SMILES string of the molecule is CCC#CC(=O)C(C)=O. The second kappa shape index (κ2) is 3.85. The van der Waals surface area contributed by atoms with E-state index in [0.29, 0.717) is 6.42 Å². The largest absolute Gasteiger partial charge is 0.290 e. The highest BCUT2D eigenvalue weighted by atomic mass is 16.2. The van der Waals surface area contributed by atoms with Crippen LogP contribution in [0.3, 0.4) is 0 Å². The van der Waals surface area contributed by atoms with Crippen molar-refractivity contribution < 1.29 is 9.59 Å². The zero-order valence-electron chi connectivity index (χ0n) is 5.52. The van der Waals surface area contributed by atoms with Gasteiger partial charge in [0.2, 0.25) is 5.78 Å². The molecule has 0 aliphatic rings. The van der Waals surface area contributed by atoms with Crippen LogP contribution < -0.4 is 0 Å². The fourth-order valence-corrected chi connectivity index (χ4v) is 0.257. The van der Waals surface area contributed by atoms with Gasteiger partial charge in [-0.05, 0) is 5.92 Å². The van der Waals surface area contributed by atoms with Crippen molar-refractivity contribution in [3.8, 4) is 11.8 Å². The van der Waals surface area contributed by atoms with Gasteiger partial charge in [-0.25, -0.2) is 0 Å². The van der Waals surface area contributed by atoms with Crippen molar-refractivity contribution in [2.45, 2.75) is 20.3 Å². The summed E-state index contributed by atoms with van der Waals surface area (Å²) in [6.07, 6.45) is 0.610. The number of hydrogen-bond donors (Lipinski definition) is 0. The minimum atomic E-state index is -0.600. The van der Waals surface area contributed by atoms with Crippen molar-refractivity contribution in [3.05, 3.63) is 0 Å². The minimum absolute atomic E-state index is 0.490. The maximum absolute atomic E-state index is 10.4. The van der Waals surface area contributed by atoms with Crippen molar-refractivity contribution in [3.63, 3.8) is 0 Å². The predicted octanol–water partition coefficient (Wildman–Crippen LogP) is 0.558. The van der Waals surface area contributed by atoms with Crippen LogP contribution in [0.4, 0.5) is 0 Å². The molecule has 0 N–H and O–H groups in total. The molecule has 0 fully saturated rings. The fourth-order valence-electron chi connectivity index (χ4n) is 0.257. The lowest BCUT2D eigenvalue weighted by molar-refractivity contribution is -0.132. The average molecular weight is 124 g/mol. The normalized spacial score (nSPS) is 7.33. The van der Waals surface area contributed by atoms with Crippen molar-refractivity contribution >= 4 is 11.6 Å². The van der Waals surface area contributed by atoms with E-state index in [1.165, 1.54) is 6.92 Å². The van der Waals surface area contributed by atoms with Crippen molar-refractivity contribution in [2.75, 3.05) is 0 Å². The standard InChI is InChI=1S/C7H8O2/c1-3-4-5-7(9)6(2)8/h3H2,1-2H3. The summed E-state index contributed by atoms with van der Waals surface area (Å²) in [6, 6.07) is 0. The van der Waals surface area contributed by atoms with Crippen LogP contribution in [0, 0.1) is 11.8 Å². The molecule has 0 unspecified atom stereocenters. The van der Waals surface area contributed by atoms with Crippen LogP contribution in [-0.4, -0.2) is 11.6 Å². The molecule has 0 spiro atoms. The molecule has 0 bridgehead atoms. The van der Waals surface area contributed by atoms with Gasteiger partial charge in [0.1, 0.15) is 0 Å². The van der Waals surface area contributed by atoms with E-state index in [1.807, 2.05) is 6.92 Å². The Morgan fingerprint density at radius 2 is 2.00 bits per heavy atom. The Balaban J connectivity index is 3.92. The lowest BCUT2D eigenvalue weighted by Crippen LogP contribution is -2.05. The first kappa shape index (κ1) is 7.90. The van der Waals surface area contributed by atoms with E-state index in [4.69, 9.17) is 0 Å². The molecule has 0 atom stereocenters. The Labute approximate surface area is 54.3 Å². The van der Waals surface area contributed by atoms with E-state index in [0.717, 1.165) is 0 Å². The van der Waals surface area contributed by atoms with Gasteiger partial charge in [0.05, 0.1) is 0 Å². The molecule has 0 rings (SSSR count). The van der Waals surface area contributed by atoms with Crippen molar-refractivity contribution in [1.82, 2.24) is 0 Å². The van der Waals surface area contributed by atoms with Crippen molar-refractivity contribution in [2.24, 2.45) is 0 Å². The van der Waals surface area contributed by atoms with Crippen LogP contribution >= 0.6 is 0 Å². The monoisotopic (exact) mass is 124 g/mol. The number of Topliss-reactive ketones (excluding diaryl/α,β-unsaturated/α-hetero) is 2. The average Bonchev–Trinajstić information content (AvgIpc) is 1.82. The first-order valence-corrected chi connectivity index (χ1v) is 2.72. The van der Waals surface area contributed by atoms with Gasteiger partial charge in [-0.15, -0.1) is 0 Å². The molecule has 0 amide bonds. The van der Waals surface area contributed by atoms with Crippen LogP contribution in [0.2, 0.25) is 0 Å². The fraction of sp³-hybridized carbons (Fsp3) is 0.429.